The van der Waals surface area contributed by atoms with Gasteiger partial charge in [-0.2, -0.15) is 0 Å². The Morgan fingerprint density at radius 2 is 1.91 bits per heavy atom. The maximum absolute atomic E-state index is 4.69. The molecule has 32 heavy (non-hydrogen) atoms. The van der Waals surface area contributed by atoms with E-state index in [-0.39, 0.29) is 0 Å². The molecule has 0 N–H and O–H groups in total. The van der Waals surface area contributed by atoms with Gasteiger partial charge in [-0.1, -0.05) is 50.3 Å². The molecule has 0 spiro atoms. The molecular weight excluding hydrogens is 388 g/mol. The fourth-order valence-electron chi connectivity index (χ4n) is 6.92. The van der Waals surface area contributed by atoms with Crippen molar-refractivity contribution in [2.45, 2.75) is 71.8 Å². The number of benzene rings is 1. The Balaban J connectivity index is 1.29. The summed E-state index contributed by atoms with van der Waals surface area (Å²) < 4.78 is 0. The first kappa shape index (κ1) is 22.0. The molecule has 172 valence electrons. The molecule has 2 aliphatic carbocycles. The third kappa shape index (κ3) is 4.62. The van der Waals surface area contributed by atoms with Crippen LogP contribution in [0.4, 0.5) is 0 Å². The predicted octanol–water partition coefficient (Wildman–Crippen LogP) is 6.44. The summed E-state index contributed by atoms with van der Waals surface area (Å²) in [7, 11) is 0. The molecule has 0 aromatic heterocycles. The highest BCUT2D eigenvalue weighted by atomic mass is 15.2. The smallest absolute Gasteiger partial charge is 0.0426 e. The van der Waals surface area contributed by atoms with Gasteiger partial charge < -0.3 is 4.90 Å². The zero-order valence-corrected chi connectivity index (χ0v) is 20.4. The minimum Gasteiger partial charge on any atom is -0.370 e. The van der Waals surface area contributed by atoms with Crippen LogP contribution in [0.3, 0.4) is 0 Å². The molecule has 2 nitrogen and oxygen atoms in total. The van der Waals surface area contributed by atoms with Gasteiger partial charge in [0.05, 0.1) is 0 Å². The zero-order valence-electron chi connectivity index (χ0n) is 20.4. The molecule has 3 unspecified atom stereocenters. The minimum absolute atomic E-state index is 0.614. The lowest BCUT2D eigenvalue weighted by molar-refractivity contribution is 0.0435. The second-order valence-electron chi connectivity index (χ2n) is 11.0. The molecule has 0 amide bonds. The molecule has 0 bridgehead atoms. The average molecular weight is 431 g/mol. The highest BCUT2D eigenvalue weighted by molar-refractivity contribution is 5.40. The molecular formula is C30H42N2. The van der Waals surface area contributed by atoms with Gasteiger partial charge in [-0.3, -0.25) is 4.90 Å². The van der Waals surface area contributed by atoms with Crippen LogP contribution < -0.4 is 0 Å². The van der Waals surface area contributed by atoms with E-state index in [1.165, 1.54) is 93.4 Å². The van der Waals surface area contributed by atoms with Crippen molar-refractivity contribution >= 4 is 0 Å². The highest BCUT2D eigenvalue weighted by Gasteiger charge is 2.40. The van der Waals surface area contributed by atoms with E-state index < -0.39 is 0 Å². The van der Waals surface area contributed by atoms with Crippen molar-refractivity contribution in [2.75, 3.05) is 26.2 Å². The Kier molecular flexibility index (Phi) is 6.60. The van der Waals surface area contributed by atoms with E-state index in [1.54, 1.807) is 11.1 Å². The Bertz CT molecular complexity index is 908. The lowest BCUT2D eigenvalue weighted by Gasteiger charge is -2.50. The third-order valence-corrected chi connectivity index (χ3v) is 8.67. The van der Waals surface area contributed by atoms with Crippen molar-refractivity contribution in [3.05, 3.63) is 70.5 Å². The van der Waals surface area contributed by atoms with Crippen LogP contribution in [0, 0.1) is 24.7 Å². The molecule has 0 saturated carbocycles. The lowest BCUT2D eigenvalue weighted by Crippen LogP contribution is -2.51. The number of rotatable bonds is 4. The summed E-state index contributed by atoms with van der Waals surface area (Å²) in [6, 6.07) is 5.01. The Labute approximate surface area is 196 Å². The number of nitrogens with zero attached hydrogens (tertiary/aromatic N) is 2. The standard InChI is InChI=1S/C30H42N2/c1-22-16-26(17-27-12-8-5-9-13-28(22)27)20-32-18-23(2)29-14-15-31(21-30(29)24(32)3)19-25-10-6-4-7-11-25/h6,10-11,16-17,23,29-30H,3-5,7-9,12-15,18-21H2,1-2H3. The van der Waals surface area contributed by atoms with Gasteiger partial charge in [0.1, 0.15) is 0 Å². The molecule has 2 heteroatoms. The molecule has 4 aliphatic rings. The van der Waals surface area contributed by atoms with Gasteiger partial charge >= 0.3 is 0 Å². The average Bonchev–Trinajstić information content (AvgIpc) is 3.04. The van der Waals surface area contributed by atoms with Gasteiger partial charge in [0.2, 0.25) is 0 Å². The molecule has 2 heterocycles. The topological polar surface area (TPSA) is 6.48 Å². The number of piperidine rings is 2. The summed E-state index contributed by atoms with van der Waals surface area (Å²) in [5.41, 5.74) is 9.21. The van der Waals surface area contributed by atoms with Crippen molar-refractivity contribution in [3.63, 3.8) is 0 Å². The first-order valence-electron chi connectivity index (χ1n) is 13.2. The van der Waals surface area contributed by atoms with E-state index in [9.17, 15) is 0 Å². The van der Waals surface area contributed by atoms with Gasteiger partial charge in [-0.05, 0) is 98.1 Å². The summed E-state index contributed by atoms with van der Waals surface area (Å²) in [5.74, 6) is 2.17. The molecule has 1 aromatic carbocycles. The van der Waals surface area contributed by atoms with Gasteiger partial charge in [0.15, 0.2) is 0 Å². The summed E-state index contributed by atoms with van der Waals surface area (Å²) in [4.78, 5) is 5.32. The number of hydrogen-bond acceptors (Lipinski definition) is 2. The van der Waals surface area contributed by atoms with Crippen LogP contribution in [0.1, 0.15) is 67.7 Å². The highest BCUT2D eigenvalue weighted by Crippen LogP contribution is 2.41. The molecule has 3 atom stereocenters. The van der Waals surface area contributed by atoms with E-state index in [2.05, 4.69) is 60.6 Å². The minimum atomic E-state index is 0.614. The molecule has 2 aliphatic heterocycles. The maximum Gasteiger partial charge on any atom is 0.0426 e. The molecule has 2 fully saturated rings. The number of allylic oxidation sites excluding steroid dienone is 2. The maximum atomic E-state index is 4.69. The van der Waals surface area contributed by atoms with Gasteiger partial charge in [-0.25, -0.2) is 0 Å². The van der Waals surface area contributed by atoms with Crippen LogP contribution in [0.15, 0.2) is 48.2 Å². The van der Waals surface area contributed by atoms with Crippen LogP contribution in [-0.4, -0.2) is 36.0 Å². The van der Waals surface area contributed by atoms with E-state index in [4.69, 9.17) is 0 Å². The summed E-state index contributed by atoms with van der Waals surface area (Å²) in [6.07, 6.45) is 17.5. The predicted molar refractivity (Wildman–Crippen MR) is 136 cm³/mol. The fraction of sp³-hybridized carbons (Fsp3) is 0.600. The lowest BCUT2D eigenvalue weighted by atomic mass is 9.72. The SMILES string of the molecule is C=C1C2CN(CC3=CCCC=C3)CCC2C(C)CN1Cc1cc(C)c2c(c1)CCCCC2. The number of aryl methyl sites for hydroxylation is 2. The molecule has 0 radical (unpaired) electrons. The first-order valence-corrected chi connectivity index (χ1v) is 13.2. The van der Waals surface area contributed by atoms with Crippen LogP contribution >= 0.6 is 0 Å². The molecule has 5 rings (SSSR count). The van der Waals surface area contributed by atoms with Gasteiger partial charge in [0, 0.05) is 37.8 Å². The van der Waals surface area contributed by atoms with E-state index in [0.717, 1.165) is 24.9 Å². The Hall–Kier alpha value is -1.80. The first-order chi connectivity index (χ1) is 15.6. The van der Waals surface area contributed by atoms with Crippen LogP contribution in [0.2, 0.25) is 0 Å². The van der Waals surface area contributed by atoms with E-state index in [0.29, 0.717) is 5.92 Å². The summed E-state index contributed by atoms with van der Waals surface area (Å²) in [6.45, 7) is 15.3. The van der Waals surface area contributed by atoms with Crippen molar-refractivity contribution in [2.24, 2.45) is 17.8 Å². The fourth-order valence-corrected chi connectivity index (χ4v) is 6.92. The van der Waals surface area contributed by atoms with E-state index in [1.807, 2.05) is 0 Å². The second kappa shape index (κ2) is 9.59. The second-order valence-corrected chi connectivity index (χ2v) is 11.0. The normalized spacial score (nSPS) is 28.7. The van der Waals surface area contributed by atoms with Gasteiger partial charge in [0.25, 0.3) is 0 Å². The Morgan fingerprint density at radius 1 is 1.03 bits per heavy atom. The quantitative estimate of drug-likeness (QED) is 0.507. The molecule has 2 saturated heterocycles. The van der Waals surface area contributed by atoms with Crippen LogP contribution in [0.25, 0.3) is 0 Å². The van der Waals surface area contributed by atoms with E-state index >= 15 is 0 Å². The van der Waals surface area contributed by atoms with Crippen molar-refractivity contribution < 1.29 is 0 Å². The zero-order chi connectivity index (χ0) is 22.1. The summed E-state index contributed by atoms with van der Waals surface area (Å²) >= 11 is 0. The number of fused-ring (bicyclic) bond motifs is 2. The van der Waals surface area contributed by atoms with Gasteiger partial charge in [-0.15, -0.1) is 0 Å². The van der Waals surface area contributed by atoms with Crippen LogP contribution in [0.5, 0.6) is 0 Å². The molecule has 1 aromatic rings. The Morgan fingerprint density at radius 3 is 2.75 bits per heavy atom. The van der Waals surface area contributed by atoms with Crippen molar-refractivity contribution in [1.29, 1.82) is 0 Å². The number of likely N-dealkylation sites (tertiary alicyclic amines) is 2. The summed E-state index contributed by atoms with van der Waals surface area (Å²) in [5, 5.41) is 0. The largest absolute Gasteiger partial charge is 0.370 e. The number of hydrogen-bond donors (Lipinski definition) is 0. The monoisotopic (exact) mass is 430 g/mol. The van der Waals surface area contributed by atoms with Crippen LogP contribution in [-0.2, 0) is 19.4 Å². The third-order valence-electron chi connectivity index (χ3n) is 8.67. The van der Waals surface area contributed by atoms with Crippen molar-refractivity contribution in [3.8, 4) is 0 Å². The van der Waals surface area contributed by atoms with Crippen molar-refractivity contribution in [1.82, 2.24) is 9.80 Å².